The number of rotatable bonds is 4. The number of anilines is 1. The van der Waals surface area contributed by atoms with Crippen molar-refractivity contribution in [2.24, 2.45) is 0 Å². The summed E-state index contributed by atoms with van der Waals surface area (Å²) in [5.41, 5.74) is 0.832. The lowest BCUT2D eigenvalue weighted by Crippen LogP contribution is -2.38. The van der Waals surface area contributed by atoms with Gasteiger partial charge in [-0.2, -0.15) is 0 Å². The van der Waals surface area contributed by atoms with Crippen molar-refractivity contribution in [2.75, 3.05) is 30.4 Å². The van der Waals surface area contributed by atoms with Crippen molar-refractivity contribution in [3.8, 4) is 0 Å². The van der Waals surface area contributed by atoms with Crippen LogP contribution in [0.2, 0.25) is 0 Å². The first-order chi connectivity index (χ1) is 9.35. The second-order valence-electron chi connectivity index (χ2n) is 5.18. The van der Waals surface area contributed by atoms with E-state index >= 15 is 0 Å². The number of likely N-dealkylation sites (N-methyl/N-ethyl adjacent to an activating group) is 1. The Morgan fingerprint density at radius 2 is 2.25 bits per heavy atom. The fourth-order valence-corrected chi connectivity index (χ4v) is 4.08. The highest BCUT2D eigenvalue weighted by atomic mass is 32.2. The predicted molar refractivity (Wildman–Crippen MR) is 77.3 cm³/mol. The SMILES string of the molecule is Cc1cccc(NC(=O)CN(C)C2CCS(=O)(=O)C2)n1. The van der Waals surface area contributed by atoms with Gasteiger partial charge in [0.05, 0.1) is 18.1 Å². The minimum Gasteiger partial charge on any atom is -0.310 e. The topological polar surface area (TPSA) is 79.4 Å². The largest absolute Gasteiger partial charge is 0.310 e. The first kappa shape index (κ1) is 14.9. The van der Waals surface area contributed by atoms with Crippen LogP contribution in [0.15, 0.2) is 18.2 Å². The van der Waals surface area contributed by atoms with Crippen LogP contribution in [-0.2, 0) is 14.6 Å². The quantitative estimate of drug-likeness (QED) is 0.873. The molecule has 7 heteroatoms. The minimum atomic E-state index is -2.93. The predicted octanol–water partition coefficient (Wildman–Crippen LogP) is 0.447. The van der Waals surface area contributed by atoms with E-state index in [1.54, 1.807) is 18.0 Å². The van der Waals surface area contributed by atoms with Crippen molar-refractivity contribution in [3.63, 3.8) is 0 Å². The number of amides is 1. The van der Waals surface area contributed by atoms with Gasteiger partial charge in [-0.25, -0.2) is 13.4 Å². The number of sulfone groups is 1. The highest BCUT2D eigenvalue weighted by Crippen LogP contribution is 2.16. The molecule has 1 fully saturated rings. The summed E-state index contributed by atoms with van der Waals surface area (Å²) in [5.74, 6) is 0.681. The number of pyridine rings is 1. The summed E-state index contributed by atoms with van der Waals surface area (Å²) in [6, 6.07) is 5.33. The fraction of sp³-hybridized carbons (Fsp3) is 0.538. The zero-order valence-corrected chi connectivity index (χ0v) is 12.5. The van der Waals surface area contributed by atoms with E-state index in [-0.39, 0.29) is 30.0 Å². The molecule has 110 valence electrons. The minimum absolute atomic E-state index is 0.0729. The van der Waals surface area contributed by atoms with E-state index in [2.05, 4.69) is 10.3 Å². The van der Waals surface area contributed by atoms with Crippen molar-refractivity contribution in [3.05, 3.63) is 23.9 Å². The van der Waals surface area contributed by atoms with Gasteiger partial charge in [0.15, 0.2) is 9.84 Å². The second-order valence-corrected chi connectivity index (χ2v) is 7.41. The van der Waals surface area contributed by atoms with Crippen molar-refractivity contribution in [1.29, 1.82) is 0 Å². The number of carbonyl (C=O) groups is 1. The first-order valence-corrected chi connectivity index (χ1v) is 8.32. The van der Waals surface area contributed by atoms with Gasteiger partial charge in [-0.1, -0.05) is 6.07 Å². The van der Waals surface area contributed by atoms with Crippen LogP contribution in [0.25, 0.3) is 0 Å². The van der Waals surface area contributed by atoms with E-state index in [9.17, 15) is 13.2 Å². The third-order valence-corrected chi connectivity index (χ3v) is 5.13. The molecule has 1 aliphatic heterocycles. The van der Waals surface area contributed by atoms with Crippen molar-refractivity contribution in [2.45, 2.75) is 19.4 Å². The van der Waals surface area contributed by atoms with E-state index in [1.807, 2.05) is 19.1 Å². The van der Waals surface area contributed by atoms with Gasteiger partial charge in [0, 0.05) is 11.7 Å². The van der Waals surface area contributed by atoms with Gasteiger partial charge in [0.2, 0.25) is 5.91 Å². The van der Waals surface area contributed by atoms with Gasteiger partial charge in [-0.15, -0.1) is 0 Å². The molecule has 1 atom stereocenters. The van der Waals surface area contributed by atoms with Crippen LogP contribution in [0, 0.1) is 6.92 Å². The third kappa shape index (κ3) is 4.01. The smallest absolute Gasteiger partial charge is 0.239 e. The summed E-state index contributed by atoms with van der Waals surface area (Å²) in [6.45, 7) is 2.01. The Hall–Kier alpha value is -1.47. The van der Waals surface area contributed by atoms with Crippen molar-refractivity contribution in [1.82, 2.24) is 9.88 Å². The van der Waals surface area contributed by atoms with Crippen LogP contribution in [0.3, 0.4) is 0 Å². The number of nitrogens with zero attached hydrogens (tertiary/aromatic N) is 2. The molecule has 1 amide bonds. The fourth-order valence-electron chi connectivity index (χ4n) is 2.27. The molecule has 6 nitrogen and oxygen atoms in total. The average molecular weight is 297 g/mol. The molecule has 2 heterocycles. The zero-order chi connectivity index (χ0) is 14.8. The molecule has 1 N–H and O–H groups in total. The maximum atomic E-state index is 11.9. The second kappa shape index (κ2) is 5.88. The molecule has 1 aliphatic rings. The first-order valence-electron chi connectivity index (χ1n) is 6.50. The van der Waals surface area contributed by atoms with Crippen LogP contribution >= 0.6 is 0 Å². The Balaban J connectivity index is 1.88. The molecule has 1 saturated heterocycles. The Bertz CT molecular complexity index is 601. The van der Waals surface area contributed by atoms with Gasteiger partial charge >= 0.3 is 0 Å². The van der Waals surface area contributed by atoms with Gasteiger partial charge in [-0.05, 0) is 32.5 Å². The lowest BCUT2D eigenvalue weighted by Gasteiger charge is -2.22. The summed E-state index contributed by atoms with van der Waals surface area (Å²) in [6.07, 6.45) is 0.592. The molecular weight excluding hydrogens is 278 g/mol. The summed E-state index contributed by atoms with van der Waals surface area (Å²) in [5, 5.41) is 2.72. The zero-order valence-electron chi connectivity index (χ0n) is 11.7. The van der Waals surface area contributed by atoms with Gasteiger partial charge in [0.1, 0.15) is 5.82 Å². The van der Waals surface area contributed by atoms with Crippen LogP contribution in [0.1, 0.15) is 12.1 Å². The van der Waals surface area contributed by atoms with Crippen molar-refractivity contribution >= 4 is 21.6 Å². The van der Waals surface area contributed by atoms with Gasteiger partial charge in [-0.3, -0.25) is 9.69 Å². The van der Waals surface area contributed by atoms with Gasteiger partial charge in [0.25, 0.3) is 0 Å². The summed E-state index contributed by atoms with van der Waals surface area (Å²) < 4.78 is 22.8. The van der Waals surface area contributed by atoms with Crippen LogP contribution < -0.4 is 5.32 Å². The molecule has 0 aromatic carbocycles. The molecule has 1 unspecified atom stereocenters. The lowest BCUT2D eigenvalue weighted by atomic mass is 10.2. The summed E-state index contributed by atoms with van der Waals surface area (Å²) >= 11 is 0. The van der Waals surface area contributed by atoms with E-state index in [1.165, 1.54) is 0 Å². The maximum Gasteiger partial charge on any atom is 0.239 e. The summed E-state index contributed by atoms with van der Waals surface area (Å²) in [4.78, 5) is 17.9. The Labute approximate surface area is 119 Å². The highest BCUT2D eigenvalue weighted by Gasteiger charge is 2.31. The third-order valence-electron chi connectivity index (χ3n) is 3.38. The number of hydrogen-bond acceptors (Lipinski definition) is 5. The Morgan fingerprint density at radius 1 is 1.50 bits per heavy atom. The Morgan fingerprint density at radius 3 is 2.85 bits per heavy atom. The summed E-state index contributed by atoms with van der Waals surface area (Å²) in [7, 11) is -1.15. The molecular formula is C13H19N3O3S. The molecule has 20 heavy (non-hydrogen) atoms. The van der Waals surface area contributed by atoms with Crippen LogP contribution in [-0.4, -0.2) is 55.3 Å². The molecule has 1 aromatic heterocycles. The number of carbonyl (C=O) groups excluding carboxylic acids is 1. The molecule has 0 saturated carbocycles. The van der Waals surface area contributed by atoms with Gasteiger partial charge < -0.3 is 5.32 Å². The number of hydrogen-bond donors (Lipinski definition) is 1. The van der Waals surface area contributed by atoms with E-state index < -0.39 is 9.84 Å². The standard InChI is InChI=1S/C13H19N3O3S/c1-10-4-3-5-12(14-10)15-13(17)8-16(2)11-6-7-20(18,19)9-11/h3-5,11H,6-9H2,1-2H3,(H,14,15,17). The lowest BCUT2D eigenvalue weighted by molar-refractivity contribution is -0.117. The average Bonchev–Trinajstić information content (AvgIpc) is 2.69. The molecule has 1 aromatic rings. The van der Waals surface area contributed by atoms with E-state index in [0.29, 0.717) is 12.2 Å². The molecule has 0 aliphatic carbocycles. The maximum absolute atomic E-state index is 11.9. The molecule has 0 bridgehead atoms. The molecule has 2 rings (SSSR count). The van der Waals surface area contributed by atoms with Crippen molar-refractivity contribution < 1.29 is 13.2 Å². The number of aromatic nitrogens is 1. The highest BCUT2D eigenvalue weighted by molar-refractivity contribution is 7.91. The van der Waals surface area contributed by atoms with E-state index in [0.717, 1.165) is 5.69 Å². The van der Waals surface area contributed by atoms with Crippen LogP contribution in [0.5, 0.6) is 0 Å². The van der Waals surface area contributed by atoms with E-state index in [4.69, 9.17) is 0 Å². The van der Waals surface area contributed by atoms with Crippen LogP contribution in [0.4, 0.5) is 5.82 Å². The molecule has 0 radical (unpaired) electrons. The number of aryl methyl sites for hydroxylation is 1. The normalized spacial score (nSPS) is 21.1. The number of nitrogens with one attached hydrogen (secondary N) is 1. The molecule has 0 spiro atoms. The monoisotopic (exact) mass is 297 g/mol. The Kier molecular flexibility index (Phi) is 4.39.